The topological polar surface area (TPSA) is 78.6 Å². The molecule has 3 aliphatic rings. The van der Waals surface area contributed by atoms with Crippen molar-refractivity contribution in [2.24, 2.45) is 0 Å². The zero-order chi connectivity index (χ0) is 15.8. The fourth-order valence-electron chi connectivity index (χ4n) is 3.83. The van der Waals surface area contributed by atoms with Crippen LogP contribution in [-0.4, -0.2) is 44.4 Å². The smallest absolute Gasteiger partial charge is 0.191 e. The Kier molecular flexibility index (Phi) is 2.48. The van der Waals surface area contributed by atoms with Gasteiger partial charge in [0, 0.05) is 5.56 Å². The molecule has 2 aromatic rings. The van der Waals surface area contributed by atoms with Gasteiger partial charge in [0.05, 0.1) is 6.54 Å². The monoisotopic (exact) mass is 315 g/mol. The summed E-state index contributed by atoms with van der Waals surface area (Å²) in [4.78, 5) is 0. The first kappa shape index (κ1) is 13.6. The fraction of sp³-hybridized carbons (Fsp3) is 0.500. The van der Waals surface area contributed by atoms with Crippen LogP contribution in [0, 0.1) is 0 Å². The van der Waals surface area contributed by atoms with Gasteiger partial charge >= 0.3 is 0 Å². The van der Waals surface area contributed by atoms with Crippen LogP contribution in [0.3, 0.4) is 0 Å². The molecule has 1 unspecified atom stereocenters. The average Bonchev–Trinajstić information content (AvgIpc) is 3.19. The quantitative estimate of drug-likeness (QED) is 0.846. The summed E-state index contributed by atoms with van der Waals surface area (Å²) in [5, 5.41) is 19.9. The standard InChI is InChI=1S/C16H17N3O4/c1-15(2)22-13-14(23-15)21-10-8-19-12(16(10,13)20)11(17-18-19)9-6-4-3-5-7-9/h3-7,10,13-14,20H,8H2,1-2H3/t10?,13-,14+,16-/m0/s1. The number of nitrogens with zero attached hydrogens (tertiary/aromatic N) is 3. The molecular formula is C16H17N3O4. The van der Waals surface area contributed by atoms with Gasteiger partial charge in [-0.05, 0) is 13.8 Å². The molecule has 1 aromatic heterocycles. The first-order chi connectivity index (χ1) is 11.0. The summed E-state index contributed by atoms with van der Waals surface area (Å²) in [6.45, 7) is 4.07. The van der Waals surface area contributed by atoms with Gasteiger partial charge in [0.1, 0.15) is 23.6 Å². The minimum absolute atomic E-state index is 0.436. The molecule has 0 bridgehead atoms. The van der Waals surface area contributed by atoms with Gasteiger partial charge in [0.25, 0.3) is 0 Å². The number of rotatable bonds is 1. The lowest BCUT2D eigenvalue weighted by Crippen LogP contribution is -2.44. The summed E-state index contributed by atoms with van der Waals surface area (Å²) >= 11 is 0. The van der Waals surface area contributed by atoms with E-state index in [1.165, 1.54) is 0 Å². The normalized spacial score (nSPS) is 36.7. The lowest BCUT2D eigenvalue weighted by Gasteiger charge is -2.28. The van der Waals surface area contributed by atoms with Crippen molar-refractivity contribution in [2.75, 3.05) is 0 Å². The predicted molar refractivity (Wildman–Crippen MR) is 78.1 cm³/mol. The number of hydrogen-bond acceptors (Lipinski definition) is 6. The zero-order valence-corrected chi connectivity index (χ0v) is 12.8. The lowest BCUT2D eigenvalue weighted by molar-refractivity contribution is -0.228. The molecule has 1 aromatic carbocycles. The second-order valence-electron chi connectivity index (χ2n) is 6.71. The molecule has 1 N–H and O–H groups in total. The number of aliphatic hydroxyl groups is 1. The van der Waals surface area contributed by atoms with E-state index < -0.39 is 29.9 Å². The van der Waals surface area contributed by atoms with E-state index in [4.69, 9.17) is 14.2 Å². The van der Waals surface area contributed by atoms with E-state index in [1.807, 2.05) is 44.2 Å². The molecule has 4 atom stereocenters. The van der Waals surface area contributed by atoms with Gasteiger partial charge in [-0.15, -0.1) is 5.10 Å². The summed E-state index contributed by atoms with van der Waals surface area (Å²) in [5.74, 6) is -0.788. The van der Waals surface area contributed by atoms with Crippen LogP contribution in [0.1, 0.15) is 19.5 Å². The fourth-order valence-corrected chi connectivity index (χ4v) is 3.83. The maximum atomic E-state index is 11.5. The molecule has 7 heteroatoms. The minimum atomic E-state index is -1.31. The van der Waals surface area contributed by atoms with E-state index in [2.05, 4.69) is 10.3 Å². The Morgan fingerprint density at radius 2 is 2.00 bits per heavy atom. The first-order valence-electron chi connectivity index (χ1n) is 7.72. The molecule has 2 saturated heterocycles. The summed E-state index contributed by atoms with van der Waals surface area (Å²) in [6.07, 6.45) is -1.61. The zero-order valence-electron chi connectivity index (χ0n) is 12.8. The van der Waals surface area contributed by atoms with Crippen molar-refractivity contribution in [3.05, 3.63) is 36.0 Å². The lowest BCUT2D eigenvalue weighted by atomic mass is 9.89. The second-order valence-corrected chi connectivity index (χ2v) is 6.71. The molecule has 7 nitrogen and oxygen atoms in total. The van der Waals surface area contributed by atoms with Gasteiger partial charge in [-0.1, -0.05) is 35.5 Å². The molecular weight excluding hydrogens is 298 g/mol. The number of ether oxygens (including phenoxy) is 3. The highest BCUT2D eigenvalue weighted by molar-refractivity contribution is 5.63. The molecule has 0 radical (unpaired) electrons. The van der Waals surface area contributed by atoms with Crippen LogP contribution < -0.4 is 0 Å². The number of benzene rings is 1. The van der Waals surface area contributed by atoms with E-state index in [1.54, 1.807) is 4.68 Å². The second kappa shape index (κ2) is 4.18. The van der Waals surface area contributed by atoms with Gasteiger partial charge in [-0.2, -0.15) is 0 Å². The maximum absolute atomic E-state index is 11.5. The Bertz CT molecular complexity index is 775. The molecule has 2 fully saturated rings. The summed E-state index contributed by atoms with van der Waals surface area (Å²) < 4.78 is 19.3. The SMILES string of the molecule is CC1(C)O[C@H]2OC3Cn4nnc(-c5ccccc5)c4[C@]3(O)[C@H]2O1. The van der Waals surface area contributed by atoms with Gasteiger partial charge in [-0.25, -0.2) is 4.68 Å². The van der Waals surface area contributed by atoms with Crippen molar-refractivity contribution in [3.8, 4) is 11.3 Å². The van der Waals surface area contributed by atoms with Gasteiger partial charge in [0.2, 0.25) is 0 Å². The van der Waals surface area contributed by atoms with E-state index >= 15 is 0 Å². The molecule has 0 spiro atoms. The van der Waals surface area contributed by atoms with Crippen molar-refractivity contribution >= 4 is 0 Å². The summed E-state index contributed by atoms with van der Waals surface area (Å²) in [6, 6.07) is 9.71. The highest BCUT2D eigenvalue weighted by atomic mass is 16.8. The molecule has 0 aliphatic carbocycles. The molecule has 0 saturated carbocycles. The largest absolute Gasteiger partial charge is 0.378 e. The van der Waals surface area contributed by atoms with Crippen LogP contribution >= 0.6 is 0 Å². The highest BCUT2D eigenvalue weighted by Crippen LogP contribution is 2.52. The van der Waals surface area contributed by atoms with Gasteiger partial charge < -0.3 is 19.3 Å². The Hall–Kier alpha value is -1.80. The molecule has 4 heterocycles. The Morgan fingerprint density at radius 1 is 1.22 bits per heavy atom. The number of fused-ring (bicyclic) bond motifs is 5. The predicted octanol–water partition coefficient (Wildman–Crippen LogP) is 1.02. The van der Waals surface area contributed by atoms with Crippen molar-refractivity contribution in [2.45, 2.75) is 50.3 Å². The van der Waals surface area contributed by atoms with Crippen molar-refractivity contribution in [1.29, 1.82) is 0 Å². The van der Waals surface area contributed by atoms with Gasteiger partial charge in [0.15, 0.2) is 17.7 Å². The van der Waals surface area contributed by atoms with Crippen LogP contribution in [0.25, 0.3) is 11.3 Å². The molecule has 120 valence electrons. The van der Waals surface area contributed by atoms with E-state index in [0.29, 0.717) is 17.9 Å². The first-order valence-corrected chi connectivity index (χ1v) is 7.72. The van der Waals surface area contributed by atoms with Crippen LogP contribution in [-0.2, 0) is 26.4 Å². The number of hydrogen-bond donors (Lipinski definition) is 1. The average molecular weight is 315 g/mol. The number of aromatic nitrogens is 3. The van der Waals surface area contributed by atoms with E-state index in [-0.39, 0.29) is 0 Å². The Labute approximate surface area is 132 Å². The van der Waals surface area contributed by atoms with Crippen molar-refractivity contribution < 1.29 is 19.3 Å². The Morgan fingerprint density at radius 3 is 2.78 bits per heavy atom. The third-order valence-corrected chi connectivity index (χ3v) is 4.78. The van der Waals surface area contributed by atoms with Crippen LogP contribution in [0.4, 0.5) is 0 Å². The third kappa shape index (κ3) is 1.68. The third-order valence-electron chi connectivity index (χ3n) is 4.78. The van der Waals surface area contributed by atoms with Crippen LogP contribution in [0.5, 0.6) is 0 Å². The molecule has 23 heavy (non-hydrogen) atoms. The summed E-state index contributed by atoms with van der Waals surface area (Å²) in [5.41, 5.74) is 0.896. The summed E-state index contributed by atoms with van der Waals surface area (Å²) in [7, 11) is 0. The van der Waals surface area contributed by atoms with Gasteiger partial charge in [-0.3, -0.25) is 0 Å². The Balaban J connectivity index is 1.65. The maximum Gasteiger partial charge on any atom is 0.191 e. The van der Waals surface area contributed by atoms with E-state index in [9.17, 15) is 5.11 Å². The van der Waals surface area contributed by atoms with E-state index in [0.717, 1.165) is 5.56 Å². The molecule has 5 rings (SSSR count). The molecule has 0 amide bonds. The van der Waals surface area contributed by atoms with Crippen LogP contribution in [0.15, 0.2) is 30.3 Å². The highest BCUT2D eigenvalue weighted by Gasteiger charge is 2.68. The molecule has 3 aliphatic heterocycles. The van der Waals surface area contributed by atoms with Crippen molar-refractivity contribution in [3.63, 3.8) is 0 Å². The minimum Gasteiger partial charge on any atom is -0.378 e. The van der Waals surface area contributed by atoms with Crippen LogP contribution in [0.2, 0.25) is 0 Å². The van der Waals surface area contributed by atoms with Crippen molar-refractivity contribution in [1.82, 2.24) is 15.0 Å².